The monoisotopic (exact) mass is 235 g/mol. The molecule has 7 heteroatoms. The van der Waals surface area contributed by atoms with Gasteiger partial charge in [-0.2, -0.15) is 13.2 Å². The fourth-order valence-corrected chi connectivity index (χ4v) is 1.85. The highest BCUT2D eigenvalue weighted by Crippen LogP contribution is 2.26. The highest BCUT2D eigenvalue weighted by Gasteiger charge is 2.33. The summed E-state index contributed by atoms with van der Waals surface area (Å²) >= 11 is 0. The van der Waals surface area contributed by atoms with Gasteiger partial charge in [-0.1, -0.05) is 0 Å². The predicted octanol–water partition coefficient (Wildman–Crippen LogP) is 0.947. The van der Waals surface area contributed by atoms with Crippen molar-refractivity contribution >= 4 is 0 Å². The first-order chi connectivity index (χ1) is 7.47. The second kappa shape index (κ2) is 3.97. The van der Waals surface area contributed by atoms with Crippen molar-refractivity contribution < 1.29 is 13.2 Å². The van der Waals surface area contributed by atoms with Crippen LogP contribution in [0.2, 0.25) is 0 Å². The van der Waals surface area contributed by atoms with Crippen LogP contribution in [0.15, 0.2) is 10.9 Å². The van der Waals surface area contributed by atoms with E-state index in [0.717, 1.165) is 24.1 Å². The van der Waals surface area contributed by atoms with E-state index in [1.54, 1.807) is 0 Å². The van der Waals surface area contributed by atoms with Gasteiger partial charge in [0, 0.05) is 12.1 Å². The molecule has 0 unspecified atom stereocenters. The number of H-pyrrole nitrogens is 1. The molecule has 2 heterocycles. The Kier molecular flexibility index (Phi) is 2.79. The van der Waals surface area contributed by atoms with Crippen molar-refractivity contribution in [2.75, 3.05) is 6.54 Å². The second-order valence-corrected chi connectivity index (χ2v) is 3.91. The van der Waals surface area contributed by atoms with Crippen LogP contribution in [0.1, 0.15) is 18.5 Å². The van der Waals surface area contributed by atoms with Gasteiger partial charge in [0.15, 0.2) is 0 Å². The van der Waals surface area contributed by atoms with Crippen LogP contribution in [0.5, 0.6) is 0 Å². The Labute approximate surface area is 89.4 Å². The maximum absolute atomic E-state index is 12.3. The summed E-state index contributed by atoms with van der Waals surface area (Å²) in [4.78, 5) is 11.3. The zero-order valence-electron chi connectivity index (χ0n) is 8.47. The summed E-state index contributed by atoms with van der Waals surface area (Å²) in [5.74, 6) is 0. The molecule has 16 heavy (non-hydrogen) atoms. The smallest absolute Gasteiger partial charge is 0.312 e. The number of aromatic amines is 1. The highest BCUT2D eigenvalue weighted by atomic mass is 19.4. The minimum atomic E-state index is -4.49. The van der Waals surface area contributed by atoms with Crippen molar-refractivity contribution in [2.24, 2.45) is 0 Å². The number of alkyl halides is 3. The minimum absolute atomic E-state index is 0.0810. The molecule has 1 saturated heterocycles. The summed E-state index contributed by atoms with van der Waals surface area (Å²) in [5.41, 5.74) is -1.63. The quantitative estimate of drug-likeness (QED) is 0.801. The largest absolute Gasteiger partial charge is 0.432 e. The number of hydrogen-bond donors (Lipinski definition) is 2. The molecule has 1 fully saturated rings. The summed E-state index contributed by atoms with van der Waals surface area (Å²) in [7, 11) is 0. The molecule has 0 amide bonds. The van der Waals surface area contributed by atoms with E-state index in [9.17, 15) is 18.0 Å². The van der Waals surface area contributed by atoms with Gasteiger partial charge in [-0.05, 0) is 19.4 Å². The van der Waals surface area contributed by atoms with Gasteiger partial charge in [-0.25, -0.2) is 0 Å². The van der Waals surface area contributed by atoms with Crippen LogP contribution in [0.3, 0.4) is 0 Å². The Bertz CT molecular complexity index is 414. The van der Waals surface area contributed by atoms with E-state index in [-0.39, 0.29) is 12.6 Å². The molecule has 1 aliphatic heterocycles. The van der Waals surface area contributed by atoms with Crippen LogP contribution in [0, 0.1) is 0 Å². The molecular formula is C9H12F3N3O. The van der Waals surface area contributed by atoms with Crippen LogP contribution in [-0.4, -0.2) is 22.4 Å². The van der Waals surface area contributed by atoms with Crippen molar-refractivity contribution in [1.29, 1.82) is 0 Å². The minimum Gasteiger partial charge on any atom is -0.312 e. The average Bonchev–Trinajstić information content (AvgIpc) is 2.76. The third-order valence-electron chi connectivity index (χ3n) is 2.66. The normalized spacial score (nSPS) is 21.6. The van der Waals surface area contributed by atoms with E-state index >= 15 is 0 Å². The zero-order valence-corrected chi connectivity index (χ0v) is 8.47. The van der Waals surface area contributed by atoms with E-state index in [1.165, 1.54) is 0 Å². The van der Waals surface area contributed by atoms with E-state index in [0.29, 0.717) is 6.07 Å². The molecule has 0 aliphatic carbocycles. The Morgan fingerprint density at radius 1 is 1.50 bits per heavy atom. The summed E-state index contributed by atoms with van der Waals surface area (Å²) in [6.07, 6.45) is -2.62. The molecule has 0 aromatic carbocycles. The third kappa shape index (κ3) is 2.29. The molecule has 1 aromatic rings. The molecule has 2 N–H and O–H groups in total. The van der Waals surface area contributed by atoms with E-state index in [1.807, 2.05) is 0 Å². The molecule has 0 bridgehead atoms. The van der Waals surface area contributed by atoms with Crippen molar-refractivity contribution in [3.05, 3.63) is 22.1 Å². The molecule has 0 saturated carbocycles. The van der Waals surface area contributed by atoms with Gasteiger partial charge >= 0.3 is 6.18 Å². The summed E-state index contributed by atoms with van der Waals surface area (Å²) in [6, 6.07) is 0.673. The topological polar surface area (TPSA) is 49.8 Å². The van der Waals surface area contributed by atoms with Crippen LogP contribution in [-0.2, 0) is 12.7 Å². The lowest BCUT2D eigenvalue weighted by Gasteiger charge is -2.10. The number of rotatable bonds is 2. The van der Waals surface area contributed by atoms with E-state index in [2.05, 4.69) is 10.4 Å². The standard InChI is InChI=1S/C9H12F3N3O/c10-9(11,12)7-4-8(16)15(14-7)5-6-2-1-3-13-6/h4,6,13-14H,1-3,5H2/t6-/m1/s1. The highest BCUT2D eigenvalue weighted by molar-refractivity contribution is 5.04. The van der Waals surface area contributed by atoms with Gasteiger partial charge in [-0.3, -0.25) is 14.6 Å². The Morgan fingerprint density at radius 2 is 2.25 bits per heavy atom. The lowest BCUT2D eigenvalue weighted by Crippen LogP contribution is -2.31. The maximum Gasteiger partial charge on any atom is 0.432 e. The number of hydrogen-bond acceptors (Lipinski definition) is 2. The van der Waals surface area contributed by atoms with Gasteiger partial charge in [0.1, 0.15) is 5.69 Å². The molecule has 2 rings (SSSR count). The number of aromatic nitrogens is 2. The molecule has 1 atom stereocenters. The molecule has 90 valence electrons. The van der Waals surface area contributed by atoms with Crippen molar-refractivity contribution in [3.8, 4) is 0 Å². The summed E-state index contributed by atoms with van der Waals surface area (Å²) in [6.45, 7) is 1.11. The lowest BCUT2D eigenvalue weighted by molar-refractivity contribution is -0.141. The van der Waals surface area contributed by atoms with Crippen molar-refractivity contribution in [2.45, 2.75) is 31.6 Å². The number of halogens is 3. The third-order valence-corrected chi connectivity index (χ3v) is 2.66. The van der Waals surface area contributed by atoms with E-state index in [4.69, 9.17) is 0 Å². The van der Waals surface area contributed by atoms with Crippen LogP contribution in [0.4, 0.5) is 13.2 Å². The van der Waals surface area contributed by atoms with E-state index < -0.39 is 17.4 Å². The van der Waals surface area contributed by atoms with Gasteiger partial charge in [0.05, 0.1) is 6.54 Å². The first-order valence-corrected chi connectivity index (χ1v) is 5.07. The van der Waals surface area contributed by atoms with Gasteiger partial charge in [0.2, 0.25) is 0 Å². The van der Waals surface area contributed by atoms with Crippen LogP contribution >= 0.6 is 0 Å². The molecular weight excluding hydrogens is 223 g/mol. The second-order valence-electron chi connectivity index (χ2n) is 3.91. The summed E-state index contributed by atoms with van der Waals surface area (Å²) < 4.78 is 37.9. The zero-order chi connectivity index (χ0) is 11.8. The predicted molar refractivity (Wildman–Crippen MR) is 51.1 cm³/mol. The van der Waals surface area contributed by atoms with Crippen molar-refractivity contribution in [3.63, 3.8) is 0 Å². The Hall–Kier alpha value is -1.24. The number of nitrogens with zero attached hydrogens (tertiary/aromatic N) is 1. The molecule has 0 spiro atoms. The van der Waals surface area contributed by atoms with Crippen LogP contribution in [0.25, 0.3) is 0 Å². The number of nitrogens with one attached hydrogen (secondary N) is 2. The fraction of sp³-hybridized carbons (Fsp3) is 0.667. The van der Waals surface area contributed by atoms with Gasteiger partial charge in [-0.15, -0.1) is 0 Å². The first kappa shape index (κ1) is 11.3. The first-order valence-electron chi connectivity index (χ1n) is 5.07. The average molecular weight is 235 g/mol. The Balaban J connectivity index is 2.15. The summed E-state index contributed by atoms with van der Waals surface area (Å²) in [5, 5.41) is 5.21. The maximum atomic E-state index is 12.3. The SMILES string of the molecule is O=c1cc(C(F)(F)F)[nH]n1C[C@H]1CCCN1. The Morgan fingerprint density at radius 3 is 2.75 bits per heavy atom. The van der Waals surface area contributed by atoms with Crippen molar-refractivity contribution in [1.82, 2.24) is 15.1 Å². The molecule has 1 aliphatic rings. The molecule has 0 radical (unpaired) electrons. The lowest BCUT2D eigenvalue weighted by atomic mass is 10.2. The fourth-order valence-electron chi connectivity index (χ4n) is 1.85. The van der Waals surface area contributed by atoms with Crippen LogP contribution < -0.4 is 10.9 Å². The van der Waals surface area contributed by atoms with Gasteiger partial charge in [0.25, 0.3) is 5.56 Å². The molecule has 4 nitrogen and oxygen atoms in total. The van der Waals surface area contributed by atoms with Gasteiger partial charge < -0.3 is 5.32 Å². The molecule has 1 aromatic heterocycles.